The molecule has 1 heterocycles. The van der Waals surface area contributed by atoms with Gasteiger partial charge in [-0.25, -0.2) is 0 Å². The van der Waals surface area contributed by atoms with Gasteiger partial charge in [-0.2, -0.15) is 15.0 Å². The van der Waals surface area contributed by atoms with Crippen LogP contribution in [-0.4, -0.2) is 15.0 Å². The zero-order valence-electron chi connectivity index (χ0n) is 11.6. The molecular weight excluding hydrogens is 221 g/mol. The number of benzene rings is 1. The standard InChI is InChI=1S/C9H5Cl2N3/c10-8-12-7(13-9(11)14-8)6-4-2-1-3-5-6/h1-5H/i1D,2D,3D,4D,5D. The first kappa shape index (κ1) is 5.05. The maximum Gasteiger partial charge on any atom is 0.227 e. The highest BCUT2D eigenvalue weighted by molar-refractivity contribution is 6.31. The fraction of sp³-hybridized carbons (Fsp3) is 0. The van der Waals surface area contributed by atoms with Crippen molar-refractivity contribution in [1.82, 2.24) is 15.0 Å². The number of halogens is 2. The van der Waals surface area contributed by atoms with Crippen molar-refractivity contribution in [3.8, 4) is 11.4 Å². The van der Waals surface area contributed by atoms with E-state index in [1.54, 1.807) is 0 Å². The molecule has 70 valence electrons. The molecule has 0 saturated carbocycles. The summed E-state index contributed by atoms with van der Waals surface area (Å²) in [5.41, 5.74) is -0.169. The van der Waals surface area contributed by atoms with Crippen LogP contribution >= 0.6 is 23.2 Å². The van der Waals surface area contributed by atoms with Crippen LogP contribution in [0.25, 0.3) is 11.4 Å². The fourth-order valence-corrected chi connectivity index (χ4v) is 1.16. The molecule has 2 rings (SSSR count). The molecule has 0 radical (unpaired) electrons. The fourth-order valence-electron chi connectivity index (χ4n) is 0.800. The number of aromatic nitrogens is 3. The van der Waals surface area contributed by atoms with Gasteiger partial charge in [0.1, 0.15) is 0 Å². The van der Waals surface area contributed by atoms with E-state index in [0.29, 0.717) is 0 Å². The Bertz CT molecular complexity index is 630. The van der Waals surface area contributed by atoms with E-state index in [9.17, 15) is 0 Å². The van der Waals surface area contributed by atoms with E-state index in [-0.39, 0.29) is 22.0 Å². The Labute approximate surface area is 97.8 Å². The number of rotatable bonds is 1. The summed E-state index contributed by atoms with van der Waals surface area (Å²) in [6.07, 6.45) is 0. The highest BCUT2D eigenvalue weighted by Crippen LogP contribution is 2.17. The molecule has 0 aliphatic heterocycles. The van der Waals surface area contributed by atoms with Crippen molar-refractivity contribution < 1.29 is 6.85 Å². The lowest BCUT2D eigenvalue weighted by Crippen LogP contribution is -1.93. The van der Waals surface area contributed by atoms with Crippen LogP contribution in [0.15, 0.2) is 30.2 Å². The van der Waals surface area contributed by atoms with Crippen LogP contribution in [0.5, 0.6) is 0 Å². The average molecular weight is 231 g/mol. The van der Waals surface area contributed by atoms with Crippen LogP contribution in [0, 0.1) is 0 Å². The summed E-state index contributed by atoms with van der Waals surface area (Å²) in [7, 11) is 0. The van der Waals surface area contributed by atoms with Crippen molar-refractivity contribution in [1.29, 1.82) is 0 Å². The Balaban J connectivity index is 2.82. The topological polar surface area (TPSA) is 38.7 Å². The second kappa shape index (κ2) is 3.90. The molecule has 0 bridgehead atoms. The van der Waals surface area contributed by atoms with Gasteiger partial charge in [-0.05, 0) is 23.2 Å². The lowest BCUT2D eigenvalue weighted by Gasteiger charge is -1.99. The average Bonchev–Trinajstić information content (AvgIpc) is 2.33. The third-order valence-electron chi connectivity index (χ3n) is 1.30. The first-order valence-corrected chi connectivity index (χ1v) is 4.23. The van der Waals surface area contributed by atoms with Gasteiger partial charge in [-0.3, -0.25) is 0 Å². The summed E-state index contributed by atoms with van der Waals surface area (Å²) < 4.78 is 38.1. The van der Waals surface area contributed by atoms with Gasteiger partial charge in [0.25, 0.3) is 0 Å². The van der Waals surface area contributed by atoms with Crippen molar-refractivity contribution in [3.05, 3.63) is 40.8 Å². The highest BCUT2D eigenvalue weighted by Gasteiger charge is 2.04. The maximum atomic E-state index is 7.75. The summed E-state index contributed by atoms with van der Waals surface area (Å²) >= 11 is 11.2. The minimum absolute atomic E-state index is 0.165. The van der Waals surface area contributed by atoms with Crippen LogP contribution in [0.3, 0.4) is 0 Å². The smallest absolute Gasteiger partial charge is 0.198 e. The molecule has 0 N–H and O–H groups in total. The van der Waals surface area contributed by atoms with Gasteiger partial charge in [0.05, 0.1) is 6.85 Å². The summed E-state index contributed by atoms with van der Waals surface area (Å²) in [6, 6.07) is -2.31. The van der Waals surface area contributed by atoms with Gasteiger partial charge in [0, 0.05) is 5.56 Å². The van der Waals surface area contributed by atoms with E-state index >= 15 is 0 Å². The molecule has 0 amide bonds. The first-order chi connectivity index (χ1) is 8.82. The molecule has 0 spiro atoms. The molecular formula is C9H5Cl2N3. The van der Waals surface area contributed by atoms with Gasteiger partial charge >= 0.3 is 0 Å². The van der Waals surface area contributed by atoms with Crippen molar-refractivity contribution in [3.63, 3.8) is 0 Å². The molecule has 0 fully saturated rings. The van der Waals surface area contributed by atoms with Crippen LogP contribution in [0.2, 0.25) is 10.6 Å². The maximum absolute atomic E-state index is 7.75. The molecule has 0 aliphatic carbocycles. The van der Waals surface area contributed by atoms with Gasteiger partial charge in [-0.15, -0.1) is 0 Å². The molecule has 1 aromatic heterocycles. The van der Waals surface area contributed by atoms with Crippen molar-refractivity contribution in [2.75, 3.05) is 0 Å². The van der Waals surface area contributed by atoms with E-state index in [1.807, 2.05) is 0 Å². The molecule has 0 aliphatic rings. The summed E-state index contributed by atoms with van der Waals surface area (Å²) in [5.74, 6) is -0.165. The number of hydrogen-bond donors (Lipinski definition) is 0. The lowest BCUT2D eigenvalue weighted by atomic mass is 10.2. The normalized spacial score (nSPS) is 15.1. The summed E-state index contributed by atoms with van der Waals surface area (Å²) in [6.45, 7) is 0. The molecule has 2 aromatic rings. The third-order valence-corrected chi connectivity index (χ3v) is 1.64. The quantitative estimate of drug-likeness (QED) is 0.757. The minimum atomic E-state index is -0.495. The molecule has 3 nitrogen and oxygen atoms in total. The monoisotopic (exact) mass is 230 g/mol. The van der Waals surface area contributed by atoms with E-state index in [1.165, 1.54) is 0 Å². The largest absolute Gasteiger partial charge is 0.227 e. The van der Waals surface area contributed by atoms with Crippen molar-refractivity contribution in [2.24, 2.45) is 0 Å². The van der Waals surface area contributed by atoms with Gasteiger partial charge in [0.2, 0.25) is 10.6 Å². The highest BCUT2D eigenvalue weighted by atomic mass is 35.5. The Morgan fingerprint density at radius 3 is 2.07 bits per heavy atom. The SMILES string of the molecule is [2H]c1c([2H])c([2H])c(-c2nc(Cl)nc(Cl)n2)c([2H])c1[2H]. The molecule has 0 unspecified atom stereocenters. The van der Waals surface area contributed by atoms with E-state index < -0.39 is 30.2 Å². The second-order valence-electron chi connectivity index (χ2n) is 2.20. The van der Waals surface area contributed by atoms with Crippen LogP contribution < -0.4 is 0 Å². The molecule has 1 aromatic carbocycles. The van der Waals surface area contributed by atoms with E-state index in [4.69, 9.17) is 30.1 Å². The Hall–Kier alpha value is -1.19. The third kappa shape index (κ3) is 2.00. The van der Waals surface area contributed by atoms with Crippen LogP contribution in [-0.2, 0) is 0 Å². The molecule has 14 heavy (non-hydrogen) atoms. The van der Waals surface area contributed by atoms with Gasteiger partial charge < -0.3 is 0 Å². The Morgan fingerprint density at radius 2 is 1.50 bits per heavy atom. The zero-order chi connectivity index (χ0) is 14.3. The van der Waals surface area contributed by atoms with Gasteiger partial charge in [-0.1, -0.05) is 30.2 Å². The molecule has 5 heteroatoms. The Kier molecular flexibility index (Phi) is 1.41. The molecule has 0 atom stereocenters. The van der Waals surface area contributed by atoms with Crippen molar-refractivity contribution in [2.45, 2.75) is 0 Å². The first-order valence-electron chi connectivity index (χ1n) is 5.97. The van der Waals surface area contributed by atoms with E-state index in [2.05, 4.69) is 15.0 Å². The van der Waals surface area contributed by atoms with Gasteiger partial charge in [0.15, 0.2) is 5.82 Å². The predicted molar refractivity (Wildman–Crippen MR) is 55.3 cm³/mol. The van der Waals surface area contributed by atoms with Crippen molar-refractivity contribution >= 4 is 23.2 Å². The number of hydrogen-bond acceptors (Lipinski definition) is 3. The second-order valence-corrected chi connectivity index (χ2v) is 2.87. The predicted octanol–water partition coefficient (Wildman–Crippen LogP) is 2.85. The Morgan fingerprint density at radius 1 is 0.929 bits per heavy atom. The summed E-state index contributed by atoms with van der Waals surface area (Å²) in [5, 5.41) is -0.441. The molecule has 0 saturated heterocycles. The minimum Gasteiger partial charge on any atom is -0.198 e. The summed E-state index contributed by atoms with van der Waals surface area (Å²) in [4.78, 5) is 11.0. The lowest BCUT2D eigenvalue weighted by molar-refractivity contribution is 1.06. The number of nitrogens with zero attached hydrogens (tertiary/aromatic N) is 3. The van der Waals surface area contributed by atoms with E-state index in [0.717, 1.165) is 0 Å². The van der Waals surface area contributed by atoms with Crippen LogP contribution in [0.4, 0.5) is 0 Å². The zero-order valence-corrected chi connectivity index (χ0v) is 8.11. The van der Waals surface area contributed by atoms with Crippen LogP contribution in [0.1, 0.15) is 6.85 Å².